The SMILES string of the molecule is Cc1cc(C(=O)NNC(=O)c2ccccc2F)no1. The van der Waals surface area contributed by atoms with Gasteiger partial charge in [-0.05, 0) is 19.1 Å². The third-order valence-electron chi connectivity index (χ3n) is 2.27. The van der Waals surface area contributed by atoms with Gasteiger partial charge in [0.25, 0.3) is 11.8 Å². The smallest absolute Gasteiger partial charge is 0.291 e. The van der Waals surface area contributed by atoms with E-state index in [9.17, 15) is 14.0 Å². The molecule has 19 heavy (non-hydrogen) atoms. The normalized spacial score (nSPS) is 10.0. The lowest BCUT2D eigenvalue weighted by molar-refractivity contribution is 0.0839. The Kier molecular flexibility index (Phi) is 3.56. The molecule has 1 aromatic heterocycles. The van der Waals surface area contributed by atoms with E-state index in [4.69, 9.17) is 4.52 Å². The first-order valence-corrected chi connectivity index (χ1v) is 5.36. The van der Waals surface area contributed by atoms with E-state index in [1.807, 2.05) is 0 Å². The highest BCUT2D eigenvalue weighted by molar-refractivity contribution is 5.98. The highest BCUT2D eigenvalue weighted by atomic mass is 19.1. The van der Waals surface area contributed by atoms with Crippen LogP contribution in [0.15, 0.2) is 34.9 Å². The Labute approximate surface area is 107 Å². The van der Waals surface area contributed by atoms with Crippen LogP contribution in [0.5, 0.6) is 0 Å². The van der Waals surface area contributed by atoms with Crippen LogP contribution in [0.4, 0.5) is 4.39 Å². The second kappa shape index (κ2) is 5.30. The molecule has 0 aliphatic carbocycles. The van der Waals surface area contributed by atoms with E-state index < -0.39 is 17.6 Å². The zero-order chi connectivity index (χ0) is 13.8. The Hall–Kier alpha value is -2.70. The molecule has 98 valence electrons. The summed E-state index contributed by atoms with van der Waals surface area (Å²) in [6.45, 7) is 1.63. The summed E-state index contributed by atoms with van der Waals surface area (Å²) >= 11 is 0. The molecule has 7 heteroatoms. The Morgan fingerprint density at radius 3 is 2.53 bits per heavy atom. The Morgan fingerprint density at radius 2 is 1.89 bits per heavy atom. The van der Waals surface area contributed by atoms with Gasteiger partial charge in [0.05, 0.1) is 5.56 Å². The first-order chi connectivity index (χ1) is 9.08. The molecule has 0 atom stereocenters. The van der Waals surface area contributed by atoms with E-state index in [1.165, 1.54) is 24.3 Å². The minimum Gasteiger partial charge on any atom is -0.361 e. The number of hydrogen-bond donors (Lipinski definition) is 2. The van der Waals surface area contributed by atoms with Crippen LogP contribution in [0.25, 0.3) is 0 Å². The molecule has 0 aliphatic rings. The van der Waals surface area contributed by atoms with Gasteiger partial charge in [-0.2, -0.15) is 0 Å². The topological polar surface area (TPSA) is 84.2 Å². The third-order valence-corrected chi connectivity index (χ3v) is 2.27. The molecule has 0 radical (unpaired) electrons. The zero-order valence-electron chi connectivity index (χ0n) is 9.94. The van der Waals surface area contributed by atoms with Gasteiger partial charge < -0.3 is 4.52 Å². The summed E-state index contributed by atoms with van der Waals surface area (Å²) < 4.78 is 18.0. The summed E-state index contributed by atoms with van der Waals surface area (Å²) in [5, 5.41) is 3.47. The summed E-state index contributed by atoms with van der Waals surface area (Å²) in [7, 11) is 0. The van der Waals surface area contributed by atoms with Gasteiger partial charge in [-0.1, -0.05) is 17.3 Å². The van der Waals surface area contributed by atoms with E-state index >= 15 is 0 Å². The molecular formula is C12H10FN3O3. The number of nitrogens with zero attached hydrogens (tertiary/aromatic N) is 1. The maximum absolute atomic E-state index is 13.3. The molecule has 2 aromatic rings. The number of benzene rings is 1. The van der Waals surface area contributed by atoms with E-state index in [0.29, 0.717) is 5.76 Å². The molecule has 0 fully saturated rings. The highest BCUT2D eigenvalue weighted by Gasteiger charge is 2.14. The van der Waals surface area contributed by atoms with Crippen molar-refractivity contribution in [2.45, 2.75) is 6.92 Å². The van der Waals surface area contributed by atoms with Crippen molar-refractivity contribution in [3.05, 3.63) is 53.2 Å². The highest BCUT2D eigenvalue weighted by Crippen LogP contribution is 2.05. The molecule has 1 aromatic carbocycles. The van der Waals surface area contributed by atoms with E-state index in [2.05, 4.69) is 16.0 Å². The number of amides is 2. The number of halogens is 1. The minimum absolute atomic E-state index is 0.0198. The first-order valence-electron chi connectivity index (χ1n) is 5.36. The van der Waals surface area contributed by atoms with E-state index in [-0.39, 0.29) is 11.3 Å². The van der Waals surface area contributed by atoms with Crippen LogP contribution in [-0.2, 0) is 0 Å². The Bertz CT molecular complexity index is 624. The van der Waals surface area contributed by atoms with Gasteiger partial charge in [0, 0.05) is 6.07 Å². The summed E-state index contributed by atoms with van der Waals surface area (Å²) in [6, 6.07) is 6.84. The molecule has 0 saturated carbocycles. The van der Waals surface area contributed by atoms with Crippen molar-refractivity contribution in [2.24, 2.45) is 0 Å². The average Bonchev–Trinajstić information content (AvgIpc) is 2.83. The van der Waals surface area contributed by atoms with Crippen LogP contribution in [-0.4, -0.2) is 17.0 Å². The number of aromatic nitrogens is 1. The summed E-state index contributed by atoms with van der Waals surface area (Å²) in [5.74, 6) is -1.62. The van der Waals surface area contributed by atoms with Gasteiger partial charge in [0.1, 0.15) is 11.6 Å². The molecular weight excluding hydrogens is 253 g/mol. The molecule has 6 nitrogen and oxygen atoms in total. The molecule has 2 rings (SSSR count). The number of rotatable bonds is 2. The maximum Gasteiger partial charge on any atom is 0.291 e. The van der Waals surface area contributed by atoms with Gasteiger partial charge in [0.15, 0.2) is 5.69 Å². The third kappa shape index (κ3) is 2.95. The summed E-state index contributed by atoms with van der Waals surface area (Å²) in [6.07, 6.45) is 0. The average molecular weight is 263 g/mol. The van der Waals surface area contributed by atoms with Crippen LogP contribution in [0.2, 0.25) is 0 Å². The van der Waals surface area contributed by atoms with Crippen molar-refractivity contribution < 1.29 is 18.5 Å². The van der Waals surface area contributed by atoms with Crippen molar-refractivity contribution in [2.75, 3.05) is 0 Å². The Balaban J connectivity index is 1.98. The van der Waals surface area contributed by atoms with Crippen molar-refractivity contribution in [1.29, 1.82) is 0 Å². The van der Waals surface area contributed by atoms with Gasteiger partial charge in [0.2, 0.25) is 0 Å². The van der Waals surface area contributed by atoms with Crippen LogP contribution in [0.1, 0.15) is 26.6 Å². The summed E-state index contributed by atoms with van der Waals surface area (Å²) in [4.78, 5) is 23.1. The van der Waals surface area contributed by atoms with Crippen LogP contribution >= 0.6 is 0 Å². The Morgan fingerprint density at radius 1 is 1.21 bits per heavy atom. The lowest BCUT2D eigenvalue weighted by atomic mass is 10.2. The van der Waals surface area contributed by atoms with Crippen molar-refractivity contribution in [1.82, 2.24) is 16.0 Å². The van der Waals surface area contributed by atoms with Gasteiger partial charge in [-0.15, -0.1) is 0 Å². The fraction of sp³-hybridized carbons (Fsp3) is 0.0833. The standard InChI is InChI=1S/C12H10FN3O3/c1-7-6-10(16-19-7)12(18)15-14-11(17)8-4-2-3-5-9(8)13/h2-6H,1H3,(H,14,17)(H,15,18). The first kappa shape index (κ1) is 12.7. The fourth-order valence-electron chi connectivity index (χ4n) is 1.36. The number of carbonyl (C=O) groups is 2. The molecule has 2 amide bonds. The molecule has 2 N–H and O–H groups in total. The predicted octanol–water partition coefficient (Wildman–Crippen LogP) is 1.20. The molecule has 1 heterocycles. The van der Waals surface area contributed by atoms with Crippen LogP contribution < -0.4 is 10.9 Å². The largest absolute Gasteiger partial charge is 0.361 e. The molecule has 0 unspecified atom stereocenters. The van der Waals surface area contributed by atoms with Crippen LogP contribution in [0.3, 0.4) is 0 Å². The molecule has 0 bridgehead atoms. The van der Waals surface area contributed by atoms with Crippen molar-refractivity contribution >= 4 is 11.8 Å². The lowest BCUT2D eigenvalue weighted by Gasteiger charge is -2.06. The molecule has 0 saturated heterocycles. The van der Waals surface area contributed by atoms with Crippen molar-refractivity contribution in [3.8, 4) is 0 Å². The number of hydrazine groups is 1. The minimum atomic E-state index is -0.758. The maximum atomic E-state index is 13.3. The quantitative estimate of drug-likeness (QED) is 0.797. The second-order valence-electron chi connectivity index (χ2n) is 3.71. The van der Waals surface area contributed by atoms with Gasteiger partial charge >= 0.3 is 0 Å². The zero-order valence-corrected chi connectivity index (χ0v) is 9.94. The second-order valence-corrected chi connectivity index (χ2v) is 3.71. The monoisotopic (exact) mass is 263 g/mol. The van der Waals surface area contributed by atoms with Crippen LogP contribution in [0, 0.1) is 12.7 Å². The lowest BCUT2D eigenvalue weighted by Crippen LogP contribution is -2.42. The molecule has 0 aliphatic heterocycles. The van der Waals surface area contributed by atoms with Crippen molar-refractivity contribution in [3.63, 3.8) is 0 Å². The number of aryl methyl sites for hydroxylation is 1. The van der Waals surface area contributed by atoms with Gasteiger partial charge in [-0.3, -0.25) is 20.4 Å². The van der Waals surface area contributed by atoms with E-state index in [1.54, 1.807) is 6.92 Å². The predicted molar refractivity (Wildman–Crippen MR) is 62.6 cm³/mol. The number of nitrogens with one attached hydrogen (secondary N) is 2. The fourth-order valence-corrected chi connectivity index (χ4v) is 1.36. The van der Waals surface area contributed by atoms with E-state index in [0.717, 1.165) is 6.07 Å². The summed E-state index contributed by atoms with van der Waals surface area (Å²) in [5.41, 5.74) is 4.05. The number of hydrogen-bond acceptors (Lipinski definition) is 4. The van der Waals surface area contributed by atoms with Gasteiger partial charge in [-0.25, -0.2) is 4.39 Å². The molecule has 0 spiro atoms. The number of carbonyl (C=O) groups excluding carboxylic acids is 2.